The van der Waals surface area contributed by atoms with Crippen LogP contribution in [0.5, 0.6) is 0 Å². The van der Waals surface area contributed by atoms with Crippen LogP contribution in [0.3, 0.4) is 0 Å². The number of nitrogens with two attached hydrogens (primary N) is 1. The molecule has 1 aliphatic rings. The summed E-state index contributed by atoms with van der Waals surface area (Å²) in [5, 5.41) is 3.11. The first kappa shape index (κ1) is 14.7. The number of hydrogen-bond donors (Lipinski definition) is 1. The highest BCUT2D eigenvalue weighted by Gasteiger charge is 2.21. The Morgan fingerprint density at radius 2 is 1.95 bits per heavy atom. The van der Waals surface area contributed by atoms with Crippen molar-refractivity contribution in [2.24, 2.45) is 5.73 Å². The maximum atomic E-state index is 5.86. The van der Waals surface area contributed by atoms with Gasteiger partial charge in [0.25, 0.3) is 0 Å². The van der Waals surface area contributed by atoms with E-state index in [1.165, 1.54) is 0 Å². The lowest BCUT2D eigenvalue weighted by Gasteiger charge is -2.36. The van der Waals surface area contributed by atoms with Crippen molar-refractivity contribution in [1.29, 1.82) is 0 Å². The number of anilines is 2. The third kappa shape index (κ3) is 3.20. The van der Waals surface area contributed by atoms with Crippen molar-refractivity contribution in [3.05, 3.63) is 39.8 Å². The summed E-state index contributed by atoms with van der Waals surface area (Å²) in [6.45, 7) is 3.80. The topological polar surface area (TPSA) is 45.4 Å². The zero-order valence-electron chi connectivity index (χ0n) is 11.3. The number of halogens is 1. The first-order valence-electron chi connectivity index (χ1n) is 6.64. The molecule has 0 amide bonds. The molecule has 1 fully saturated rings. The van der Waals surface area contributed by atoms with Crippen LogP contribution >= 0.6 is 39.5 Å². The smallest absolute Gasteiger partial charge is 0.185 e. The van der Waals surface area contributed by atoms with Crippen LogP contribution in [0.2, 0.25) is 0 Å². The second-order valence-electron chi connectivity index (χ2n) is 4.81. The van der Waals surface area contributed by atoms with Crippen LogP contribution in [0.4, 0.5) is 10.8 Å². The Kier molecular flexibility index (Phi) is 4.42. The highest BCUT2D eigenvalue weighted by Crippen LogP contribution is 2.27. The SMILES string of the molecule is NC(=S)c1cc(Br)ccc1N1CCN(c2nccs2)CC1. The number of nitrogens with zero attached hydrogens (tertiary/aromatic N) is 3. The normalized spacial score (nSPS) is 15.3. The molecule has 2 heterocycles. The predicted octanol–water partition coefficient (Wildman–Crippen LogP) is 2.87. The van der Waals surface area contributed by atoms with E-state index in [4.69, 9.17) is 18.0 Å². The lowest BCUT2D eigenvalue weighted by molar-refractivity contribution is 0.652. The van der Waals surface area contributed by atoms with Crippen molar-refractivity contribution in [2.75, 3.05) is 36.0 Å². The Hall–Kier alpha value is -1.18. The van der Waals surface area contributed by atoms with E-state index in [2.05, 4.69) is 36.8 Å². The van der Waals surface area contributed by atoms with Gasteiger partial charge in [-0.15, -0.1) is 11.3 Å². The number of rotatable bonds is 3. The molecule has 0 atom stereocenters. The summed E-state index contributed by atoms with van der Waals surface area (Å²) in [5.41, 5.74) is 7.91. The van der Waals surface area contributed by atoms with Crippen LogP contribution < -0.4 is 15.5 Å². The van der Waals surface area contributed by atoms with E-state index in [1.54, 1.807) is 11.3 Å². The van der Waals surface area contributed by atoms with Gasteiger partial charge in [0.05, 0.1) is 0 Å². The lowest BCUT2D eigenvalue weighted by atomic mass is 10.1. The van der Waals surface area contributed by atoms with Gasteiger partial charge in [-0.25, -0.2) is 4.98 Å². The van der Waals surface area contributed by atoms with Crippen molar-refractivity contribution in [1.82, 2.24) is 4.98 Å². The minimum Gasteiger partial charge on any atom is -0.389 e. The molecule has 1 aromatic heterocycles. The molecule has 0 bridgehead atoms. The number of thiazole rings is 1. The molecule has 1 aliphatic heterocycles. The fourth-order valence-electron chi connectivity index (χ4n) is 2.49. The van der Waals surface area contributed by atoms with Gasteiger partial charge in [0.15, 0.2) is 5.13 Å². The third-order valence-corrected chi connectivity index (χ3v) is 5.08. The summed E-state index contributed by atoms with van der Waals surface area (Å²) < 4.78 is 0.996. The molecular formula is C14H15BrN4S2. The predicted molar refractivity (Wildman–Crippen MR) is 96.6 cm³/mol. The molecule has 0 saturated carbocycles. The summed E-state index contributed by atoms with van der Waals surface area (Å²) in [6.07, 6.45) is 1.85. The average Bonchev–Trinajstić information content (AvgIpc) is 3.01. The second kappa shape index (κ2) is 6.29. The van der Waals surface area contributed by atoms with Crippen molar-refractivity contribution in [2.45, 2.75) is 0 Å². The van der Waals surface area contributed by atoms with Gasteiger partial charge in [-0.2, -0.15) is 0 Å². The fourth-order valence-corrected chi connectivity index (χ4v) is 3.71. The van der Waals surface area contributed by atoms with Gasteiger partial charge in [-0.05, 0) is 18.2 Å². The van der Waals surface area contributed by atoms with Crippen LogP contribution in [0.25, 0.3) is 0 Å². The van der Waals surface area contributed by atoms with Gasteiger partial charge in [0.2, 0.25) is 0 Å². The molecule has 3 rings (SSSR count). The van der Waals surface area contributed by atoms with Crippen molar-refractivity contribution in [3.8, 4) is 0 Å². The summed E-state index contributed by atoms with van der Waals surface area (Å²) in [7, 11) is 0. The molecule has 21 heavy (non-hydrogen) atoms. The van der Waals surface area contributed by atoms with E-state index in [9.17, 15) is 0 Å². The molecule has 7 heteroatoms. The largest absolute Gasteiger partial charge is 0.389 e. The van der Waals surface area contributed by atoms with Gasteiger partial charge in [-0.3, -0.25) is 0 Å². The summed E-state index contributed by atoms with van der Waals surface area (Å²) in [4.78, 5) is 9.47. The van der Waals surface area contributed by atoms with E-state index in [-0.39, 0.29) is 0 Å². The van der Waals surface area contributed by atoms with Gasteiger partial charge in [0.1, 0.15) is 4.99 Å². The molecule has 0 spiro atoms. The minimum absolute atomic E-state index is 0.439. The van der Waals surface area contributed by atoms with Crippen LogP contribution in [0.1, 0.15) is 5.56 Å². The fraction of sp³-hybridized carbons (Fsp3) is 0.286. The van der Waals surface area contributed by atoms with E-state index < -0.39 is 0 Å². The van der Waals surface area contributed by atoms with E-state index >= 15 is 0 Å². The zero-order valence-corrected chi connectivity index (χ0v) is 14.5. The van der Waals surface area contributed by atoms with Gasteiger partial charge >= 0.3 is 0 Å². The summed E-state index contributed by atoms with van der Waals surface area (Å²) >= 11 is 10.3. The molecule has 2 aromatic rings. The number of piperazine rings is 1. The van der Waals surface area contributed by atoms with Crippen molar-refractivity contribution >= 4 is 55.3 Å². The highest BCUT2D eigenvalue weighted by molar-refractivity contribution is 9.10. The Morgan fingerprint density at radius 3 is 2.57 bits per heavy atom. The number of benzene rings is 1. The van der Waals surface area contributed by atoms with E-state index in [1.807, 2.05) is 23.7 Å². The van der Waals surface area contributed by atoms with Gasteiger partial charge in [0, 0.05) is 53.5 Å². The molecular weight excluding hydrogens is 368 g/mol. The van der Waals surface area contributed by atoms with Crippen LogP contribution in [0, 0.1) is 0 Å². The standard InChI is InChI=1S/C14H15BrN4S2/c15-10-1-2-12(11(9-10)13(16)20)18-4-6-19(7-5-18)14-17-3-8-21-14/h1-3,8-9H,4-7H2,(H2,16,20). The first-order chi connectivity index (χ1) is 10.1. The van der Waals surface area contributed by atoms with Gasteiger partial charge < -0.3 is 15.5 Å². The molecule has 110 valence electrons. The maximum absolute atomic E-state index is 5.86. The number of hydrogen-bond acceptors (Lipinski definition) is 5. The maximum Gasteiger partial charge on any atom is 0.185 e. The molecule has 0 unspecified atom stereocenters. The molecule has 0 aliphatic carbocycles. The quantitative estimate of drug-likeness (QED) is 0.826. The van der Waals surface area contributed by atoms with E-state index in [0.717, 1.165) is 47.0 Å². The Morgan fingerprint density at radius 1 is 1.24 bits per heavy atom. The van der Waals surface area contributed by atoms with Gasteiger partial charge in [-0.1, -0.05) is 28.1 Å². The zero-order chi connectivity index (χ0) is 14.8. The molecule has 2 N–H and O–H groups in total. The van der Waals surface area contributed by atoms with Crippen molar-refractivity contribution in [3.63, 3.8) is 0 Å². The van der Waals surface area contributed by atoms with Crippen LogP contribution in [0.15, 0.2) is 34.2 Å². The van der Waals surface area contributed by atoms with Crippen LogP contribution in [-0.2, 0) is 0 Å². The molecule has 1 aromatic carbocycles. The van der Waals surface area contributed by atoms with Crippen LogP contribution in [-0.4, -0.2) is 36.2 Å². The second-order valence-corrected chi connectivity index (χ2v) is 7.04. The number of thiocarbonyl (C=S) groups is 1. The Labute approximate surface area is 141 Å². The molecule has 0 radical (unpaired) electrons. The summed E-state index contributed by atoms with van der Waals surface area (Å²) in [6, 6.07) is 6.10. The summed E-state index contributed by atoms with van der Waals surface area (Å²) in [5.74, 6) is 0. The number of aromatic nitrogens is 1. The minimum atomic E-state index is 0.439. The Balaban J connectivity index is 1.76. The van der Waals surface area contributed by atoms with Crippen molar-refractivity contribution < 1.29 is 0 Å². The highest BCUT2D eigenvalue weighted by atomic mass is 79.9. The Bertz CT molecular complexity index is 636. The lowest BCUT2D eigenvalue weighted by Crippen LogP contribution is -2.47. The molecule has 1 saturated heterocycles. The monoisotopic (exact) mass is 382 g/mol. The average molecular weight is 383 g/mol. The molecule has 4 nitrogen and oxygen atoms in total. The third-order valence-electron chi connectivity index (χ3n) is 3.53. The first-order valence-corrected chi connectivity index (χ1v) is 8.72. The van der Waals surface area contributed by atoms with E-state index in [0.29, 0.717) is 4.99 Å².